The first kappa shape index (κ1) is 10.2. The SMILES string of the molecule is Fc1nccc(CCl)c1C(F)(F)F. The van der Waals surface area contributed by atoms with E-state index in [0.717, 1.165) is 12.3 Å². The molecule has 0 radical (unpaired) electrons. The molecule has 0 aliphatic rings. The fourth-order valence-corrected chi connectivity index (χ4v) is 1.11. The Bertz CT molecular complexity index is 310. The molecule has 13 heavy (non-hydrogen) atoms. The fraction of sp³-hybridized carbons (Fsp3) is 0.286. The van der Waals surface area contributed by atoms with Gasteiger partial charge in [0.2, 0.25) is 5.95 Å². The van der Waals surface area contributed by atoms with Crippen LogP contribution in [-0.2, 0) is 12.1 Å². The summed E-state index contributed by atoms with van der Waals surface area (Å²) in [6.07, 6.45) is -3.80. The maximum atomic E-state index is 12.6. The van der Waals surface area contributed by atoms with Gasteiger partial charge in [0, 0.05) is 12.1 Å². The summed E-state index contributed by atoms with van der Waals surface area (Å²) in [6, 6.07) is 1.04. The van der Waals surface area contributed by atoms with Crippen molar-refractivity contribution in [2.24, 2.45) is 0 Å². The molecule has 0 saturated carbocycles. The smallest absolute Gasteiger partial charge is 0.228 e. The number of aromatic nitrogens is 1. The molecular weight excluding hydrogens is 210 g/mol. The highest BCUT2D eigenvalue weighted by Gasteiger charge is 2.37. The number of rotatable bonds is 1. The summed E-state index contributed by atoms with van der Waals surface area (Å²) in [6.45, 7) is 0. The maximum Gasteiger partial charge on any atom is 0.421 e. The van der Waals surface area contributed by atoms with Gasteiger partial charge in [-0.25, -0.2) is 4.98 Å². The van der Waals surface area contributed by atoms with Crippen LogP contribution in [0.25, 0.3) is 0 Å². The van der Waals surface area contributed by atoms with Gasteiger partial charge >= 0.3 is 6.18 Å². The van der Waals surface area contributed by atoms with Crippen molar-refractivity contribution in [3.63, 3.8) is 0 Å². The van der Waals surface area contributed by atoms with Crippen molar-refractivity contribution < 1.29 is 17.6 Å². The Morgan fingerprint density at radius 1 is 1.38 bits per heavy atom. The molecule has 72 valence electrons. The van der Waals surface area contributed by atoms with E-state index in [2.05, 4.69) is 4.98 Å². The second-order valence-corrected chi connectivity index (χ2v) is 2.53. The number of hydrogen-bond acceptors (Lipinski definition) is 1. The van der Waals surface area contributed by atoms with Crippen LogP contribution >= 0.6 is 11.6 Å². The van der Waals surface area contributed by atoms with Crippen molar-refractivity contribution in [2.45, 2.75) is 12.1 Å². The van der Waals surface area contributed by atoms with Gasteiger partial charge in [-0.3, -0.25) is 0 Å². The standard InChI is InChI=1S/C7H4ClF4N/c8-3-4-1-2-13-6(9)5(4)7(10,11)12/h1-2H,3H2. The summed E-state index contributed by atoms with van der Waals surface area (Å²) in [5.41, 5.74) is -1.69. The van der Waals surface area contributed by atoms with E-state index in [9.17, 15) is 17.6 Å². The average molecular weight is 214 g/mol. The normalized spacial score (nSPS) is 11.8. The minimum Gasteiger partial charge on any atom is -0.228 e. The van der Waals surface area contributed by atoms with Gasteiger partial charge < -0.3 is 0 Å². The highest BCUT2D eigenvalue weighted by molar-refractivity contribution is 6.17. The van der Waals surface area contributed by atoms with Gasteiger partial charge in [0.15, 0.2) is 0 Å². The molecule has 0 aromatic carbocycles. The number of alkyl halides is 4. The van der Waals surface area contributed by atoms with Gasteiger partial charge in [-0.05, 0) is 11.6 Å². The maximum absolute atomic E-state index is 12.6. The molecule has 0 atom stereocenters. The highest BCUT2D eigenvalue weighted by Crippen LogP contribution is 2.33. The van der Waals surface area contributed by atoms with Crippen LogP contribution in [0.2, 0.25) is 0 Å². The molecule has 0 spiro atoms. The van der Waals surface area contributed by atoms with Crippen LogP contribution in [-0.4, -0.2) is 4.98 Å². The summed E-state index contributed by atoms with van der Waals surface area (Å²) in [4.78, 5) is 2.91. The van der Waals surface area contributed by atoms with E-state index < -0.39 is 23.6 Å². The first-order chi connectivity index (χ1) is 5.96. The van der Waals surface area contributed by atoms with Gasteiger partial charge in [0.25, 0.3) is 0 Å². The molecule has 0 aliphatic carbocycles. The van der Waals surface area contributed by atoms with Crippen molar-refractivity contribution in [1.82, 2.24) is 4.98 Å². The average Bonchev–Trinajstić information content (AvgIpc) is 2.01. The van der Waals surface area contributed by atoms with Crippen LogP contribution in [0.5, 0.6) is 0 Å². The van der Waals surface area contributed by atoms with E-state index in [-0.39, 0.29) is 5.56 Å². The molecule has 0 amide bonds. The van der Waals surface area contributed by atoms with Crippen molar-refractivity contribution in [1.29, 1.82) is 0 Å². The molecule has 0 bridgehead atoms. The van der Waals surface area contributed by atoms with E-state index in [0.29, 0.717) is 0 Å². The van der Waals surface area contributed by atoms with Crippen LogP contribution in [0.4, 0.5) is 17.6 Å². The van der Waals surface area contributed by atoms with Gasteiger partial charge in [0.05, 0.1) is 0 Å². The molecule has 0 unspecified atom stereocenters. The second-order valence-electron chi connectivity index (χ2n) is 2.27. The molecule has 0 N–H and O–H groups in total. The second kappa shape index (κ2) is 3.49. The van der Waals surface area contributed by atoms with Gasteiger partial charge in [0.1, 0.15) is 5.56 Å². The Kier molecular flexibility index (Phi) is 2.75. The van der Waals surface area contributed by atoms with Crippen LogP contribution in [0.3, 0.4) is 0 Å². The largest absolute Gasteiger partial charge is 0.421 e. The van der Waals surface area contributed by atoms with Gasteiger partial charge in [-0.2, -0.15) is 17.6 Å². The molecule has 0 saturated heterocycles. The zero-order chi connectivity index (χ0) is 10.1. The minimum atomic E-state index is -4.75. The van der Waals surface area contributed by atoms with Gasteiger partial charge in [-0.15, -0.1) is 11.6 Å². The Labute approximate surface area is 76.3 Å². The Morgan fingerprint density at radius 2 is 2.00 bits per heavy atom. The Hall–Kier alpha value is -0.840. The van der Waals surface area contributed by atoms with Crippen molar-refractivity contribution in [3.05, 3.63) is 29.3 Å². The van der Waals surface area contributed by atoms with Crippen LogP contribution < -0.4 is 0 Å². The monoisotopic (exact) mass is 213 g/mol. The van der Waals surface area contributed by atoms with Crippen LogP contribution in [0, 0.1) is 5.95 Å². The summed E-state index contributed by atoms with van der Waals surface area (Å²) in [5.74, 6) is -1.93. The third kappa shape index (κ3) is 2.09. The zero-order valence-corrected chi connectivity index (χ0v) is 6.95. The van der Waals surface area contributed by atoms with E-state index in [1.807, 2.05) is 0 Å². The summed E-state index contributed by atoms with van der Waals surface area (Å²) >= 11 is 5.22. The summed E-state index contributed by atoms with van der Waals surface area (Å²) in [7, 11) is 0. The number of pyridine rings is 1. The van der Waals surface area contributed by atoms with Gasteiger partial charge in [-0.1, -0.05) is 0 Å². The Morgan fingerprint density at radius 3 is 2.38 bits per heavy atom. The summed E-state index contributed by atoms with van der Waals surface area (Å²) in [5, 5.41) is 0. The van der Waals surface area contributed by atoms with Crippen molar-refractivity contribution >= 4 is 11.6 Å². The van der Waals surface area contributed by atoms with Crippen LogP contribution in [0.15, 0.2) is 12.3 Å². The molecule has 1 heterocycles. The van der Waals surface area contributed by atoms with E-state index >= 15 is 0 Å². The lowest BCUT2D eigenvalue weighted by Crippen LogP contribution is -2.12. The third-order valence-electron chi connectivity index (χ3n) is 1.42. The first-order valence-electron chi connectivity index (χ1n) is 3.23. The number of hydrogen-bond donors (Lipinski definition) is 0. The molecule has 6 heteroatoms. The molecule has 1 aromatic rings. The lowest BCUT2D eigenvalue weighted by molar-refractivity contribution is -0.140. The van der Waals surface area contributed by atoms with Crippen LogP contribution in [0.1, 0.15) is 11.1 Å². The Balaban J connectivity index is 3.32. The third-order valence-corrected chi connectivity index (χ3v) is 1.71. The molecule has 1 nitrogen and oxygen atoms in total. The lowest BCUT2D eigenvalue weighted by atomic mass is 10.1. The van der Waals surface area contributed by atoms with Crippen molar-refractivity contribution in [2.75, 3.05) is 0 Å². The first-order valence-corrected chi connectivity index (χ1v) is 3.77. The molecule has 1 aromatic heterocycles. The lowest BCUT2D eigenvalue weighted by Gasteiger charge is -2.10. The molecule has 1 rings (SSSR count). The number of nitrogens with zero attached hydrogens (tertiary/aromatic N) is 1. The predicted molar refractivity (Wildman–Crippen MR) is 38.8 cm³/mol. The summed E-state index contributed by atoms with van der Waals surface area (Å²) < 4.78 is 49.1. The van der Waals surface area contributed by atoms with E-state index in [1.165, 1.54) is 0 Å². The number of halogens is 5. The quantitative estimate of drug-likeness (QED) is 0.397. The predicted octanol–water partition coefficient (Wildman–Crippen LogP) is 2.98. The minimum absolute atomic E-state index is 0.304. The van der Waals surface area contributed by atoms with Crippen molar-refractivity contribution in [3.8, 4) is 0 Å². The van der Waals surface area contributed by atoms with E-state index in [4.69, 9.17) is 11.6 Å². The molecule has 0 fully saturated rings. The highest BCUT2D eigenvalue weighted by atomic mass is 35.5. The molecular formula is C7H4ClF4N. The fourth-order valence-electron chi connectivity index (χ4n) is 0.883. The molecule has 0 aliphatic heterocycles. The zero-order valence-electron chi connectivity index (χ0n) is 6.20. The van der Waals surface area contributed by atoms with E-state index in [1.54, 1.807) is 0 Å². The topological polar surface area (TPSA) is 12.9 Å².